The SMILES string of the molecule is COC(=O)[C@@H]1CN(C(=O)CC(C)(C)C)CCC1CCC(C)(C)C. The van der Waals surface area contributed by atoms with Gasteiger partial charge in [-0.2, -0.15) is 0 Å². The normalized spacial score (nSPS) is 22.8. The number of nitrogens with zero attached hydrogens (tertiary/aromatic N) is 1. The molecule has 134 valence electrons. The molecule has 1 unspecified atom stereocenters. The summed E-state index contributed by atoms with van der Waals surface area (Å²) < 4.78 is 5.00. The Morgan fingerprint density at radius 1 is 1.09 bits per heavy atom. The lowest BCUT2D eigenvalue weighted by Gasteiger charge is -2.39. The first-order valence-electron chi connectivity index (χ1n) is 8.78. The Kier molecular flexibility index (Phi) is 6.67. The third-order valence-corrected chi connectivity index (χ3v) is 4.56. The maximum Gasteiger partial charge on any atom is 0.310 e. The second-order valence-electron chi connectivity index (χ2n) is 9.35. The van der Waals surface area contributed by atoms with Gasteiger partial charge in [-0.25, -0.2) is 0 Å². The van der Waals surface area contributed by atoms with Crippen LogP contribution in [0.15, 0.2) is 0 Å². The van der Waals surface area contributed by atoms with Crippen LogP contribution < -0.4 is 0 Å². The molecular formula is C19H35NO3. The second-order valence-corrected chi connectivity index (χ2v) is 9.35. The number of hydrogen-bond acceptors (Lipinski definition) is 3. The van der Waals surface area contributed by atoms with E-state index >= 15 is 0 Å². The van der Waals surface area contributed by atoms with Crippen molar-refractivity contribution in [2.75, 3.05) is 20.2 Å². The van der Waals surface area contributed by atoms with E-state index in [1.165, 1.54) is 7.11 Å². The molecule has 1 aliphatic rings. The van der Waals surface area contributed by atoms with E-state index in [1.807, 2.05) is 4.90 Å². The van der Waals surface area contributed by atoms with Crippen LogP contribution in [0.3, 0.4) is 0 Å². The summed E-state index contributed by atoms with van der Waals surface area (Å²) in [6, 6.07) is 0. The van der Waals surface area contributed by atoms with Crippen LogP contribution in [0.25, 0.3) is 0 Å². The summed E-state index contributed by atoms with van der Waals surface area (Å²) in [5.41, 5.74) is 0.237. The number of amides is 1. The van der Waals surface area contributed by atoms with Gasteiger partial charge >= 0.3 is 5.97 Å². The molecule has 0 aromatic carbocycles. The van der Waals surface area contributed by atoms with Crippen LogP contribution in [0.4, 0.5) is 0 Å². The van der Waals surface area contributed by atoms with Gasteiger partial charge in [0.15, 0.2) is 0 Å². The summed E-state index contributed by atoms with van der Waals surface area (Å²) in [6.07, 6.45) is 3.52. The minimum absolute atomic E-state index is 0.0269. The van der Waals surface area contributed by atoms with Crippen molar-refractivity contribution in [2.45, 2.75) is 67.2 Å². The summed E-state index contributed by atoms with van der Waals surface area (Å²) >= 11 is 0. The van der Waals surface area contributed by atoms with E-state index in [1.54, 1.807) is 0 Å². The first-order chi connectivity index (χ1) is 10.4. The van der Waals surface area contributed by atoms with Gasteiger partial charge in [0.25, 0.3) is 0 Å². The number of esters is 1. The minimum Gasteiger partial charge on any atom is -0.469 e. The maximum atomic E-state index is 12.5. The summed E-state index contributed by atoms with van der Waals surface area (Å²) in [4.78, 5) is 26.5. The topological polar surface area (TPSA) is 46.6 Å². The molecule has 0 aliphatic carbocycles. The Balaban J connectivity index is 2.73. The van der Waals surface area contributed by atoms with Crippen LogP contribution in [0.1, 0.15) is 67.2 Å². The molecule has 1 fully saturated rings. The number of ether oxygens (including phenoxy) is 1. The van der Waals surface area contributed by atoms with Crippen molar-refractivity contribution in [3.05, 3.63) is 0 Å². The zero-order valence-electron chi connectivity index (χ0n) is 16.1. The molecule has 1 rings (SSSR count). The largest absolute Gasteiger partial charge is 0.469 e. The van der Waals surface area contributed by atoms with E-state index in [9.17, 15) is 9.59 Å². The van der Waals surface area contributed by atoms with Crippen LogP contribution in [0.2, 0.25) is 0 Å². The number of carbonyl (C=O) groups excluding carboxylic acids is 2. The highest BCUT2D eigenvalue weighted by molar-refractivity contribution is 5.79. The fraction of sp³-hybridized carbons (Fsp3) is 0.895. The third-order valence-electron chi connectivity index (χ3n) is 4.56. The first kappa shape index (κ1) is 20.0. The minimum atomic E-state index is -0.181. The van der Waals surface area contributed by atoms with Crippen LogP contribution in [-0.4, -0.2) is 37.0 Å². The number of hydrogen-bond donors (Lipinski definition) is 0. The number of carbonyl (C=O) groups is 2. The van der Waals surface area contributed by atoms with Gasteiger partial charge in [-0.3, -0.25) is 9.59 Å². The van der Waals surface area contributed by atoms with E-state index in [0.717, 1.165) is 25.8 Å². The number of likely N-dealkylation sites (tertiary alicyclic amines) is 1. The predicted molar refractivity (Wildman–Crippen MR) is 93.0 cm³/mol. The number of rotatable bonds is 4. The molecule has 0 aromatic rings. The van der Waals surface area contributed by atoms with Crippen molar-refractivity contribution in [3.63, 3.8) is 0 Å². The Labute approximate surface area is 141 Å². The Morgan fingerprint density at radius 3 is 2.17 bits per heavy atom. The highest BCUT2D eigenvalue weighted by Crippen LogP contribution is 2.33. The lowest BCUT2D eigenvalue weighted by atomic mass is 9.78. The van der Waals surface area contributed by atoms with Gasteiger partial charge in [0.05, 0.1) is 13.0 Å². The summed E-state index contributed by atoms with van der Waals surface area (Å²) in [6.45, 7) is 14.1. The van der Waals surface area contributed by atoms with Gasteiger partial charge in [-0.05, 0) is 36.0 Å². The zero-order chi connectivity index (χ0) is 17.8. The lowest BCUT2D eigenvalue weighted by Crippen LogP contribution is -2.47. The molecule has 0 spiro atoms. The number of piperidine rings is 1. The number of methoxy groups -OCH3 is 1. The van der Waals surface area contributed by atoms with E-state index in [4.69, 9.17) is 4.74 Å². The molecule has 1 amide bonds. The third kappa shape index (κ3) is 6.92. The molecule has 0 bridgehead atoms. The first-order valence-corrected chi connectivity index (χ1v) is 8.78. The van der Waals surface area contributed by atoms with E-state index < -0.39 is 0 Å². The van der Waals surface area contributed by atoms with E-state index in [2.05, 4.69) is 41.5 Å². The fourth-order valence-electron chi connectivity index (χ4n) is 3.17. The van der Waals surface area contributed by atoms with Gasteiger partial charge < -0.3 is 9.64 Å². The molecule has 0 radical (unpaired) electrons. The molecule has 4 nitrogen and oxygen atoms in total. The van der Waals surface area contributed by atoms with Crippen molar-refractivity contribution in [1.82, 2.24) is 4.90 Å². The van der Waals surface area contributed by atoms with Crippen molar-refractivity contribution >= 4 is 11.9 Å². The molecule has 23 heavy (non-hydrogen) atoms. The smallest absolute Gasteiger partial charge is 0.310 e. The van der Waals surface area contributed by atoms with Crippen molar-refractivity contribution in [2.24, 2.45) is 22.7 Å². The maximum absolute atomic E-state index is 12.5. The molecule has 1 saturated heterocycles. The molecule has 4 heteroatoms. The Bertz CT molecular complexity index is 417. The molecule has 0 saturated carbocycles. The Hall–Kier alpha value is -1.06. The zero-order valence-corrected chi connectivity index (χ0v) is 16.1. The second kappa shape index (κ2) is 7.67. The molecule has 0 N–H and O–H groups in total. The average molecular weight is 325 g/mol. The van der Waals surface area contributed by atoms with Crippen molar-refractivity contribution < 1.29 is 14.3 Å². The lowest BCUT2D eigenvalue weighted by molar-refractivity contribution is -0.152. The summed E-state index contributed by atoms with van der Waals surface area (Å²) in [5.74, 6) is 0.123. The molecule has 1 heterocycles. The van der Waals surface area contributed by atoms with Crippen LogP contribution in [0, 0.1) is 22.7 Å². The summed E-state index contributed by atoms with van der Waals surface area (Å²) in [7, 11) is 1.44. The molecular weight excluding hydrogens is 290 g/mol. The Morgan fingerprint density at radius 2 is 1.70 bits per heavy atom. The van der Waals surface area contributed by atoms with Gasteiger partial charge in [0.1, 0.15) is 0 Å². The van der Waals surface area contributed by atoms with E-state index in [0.29, 0.717) is 18.9 Å². The summed E-state index contributed by atoms with van der Waals surface area (Å²) in [5, 5.41) is 0. The van der Waals surface area contributed by atoms with Crippen molar-refractivity contribution in [3.8, 4) is 0 Å². The van der Waals surface area contributed by atoms with Gasteiger partial charge in [-0.15, -0.1) is 0 Å². The van der Waals surface area contributed by atoms with Crippen LogP contribution in [0.5, 0.6) is 0 Å². The van der Waals surface area contributed by atoms with Crippen LogP contribution in [-0.2, 0) is 14.3 Å². The standard InChI is InChI=1S/C19H35NO3/c1-18(2,3)10-8-14-9-11-20(13-15(14)17(22)23-7)16(21)12-19(4,5)6/h14-15H,8-13H2,1-7H3/t14?,15-/m1/s1. The molecule has 1 aliphatic heterocycles. The quantitative estimate of drug-likeness (QED) is 0.737. The monoisotopic (exact) mass is 325 g/mol. The van der Waals surface area contributed by atoms with Crippen molar-refractivity contribution in [1.29, 1.82) is 0 Å². The van der Waals surface area contributed by atoms with Gasteiger partial charge in [0, 0.05) is 19.5 Å². The predicted octanol–water partition coefficient (Wildman–Crippen LogP) is 3.89. The van der Waals surface area contributed by atoms with E-state index in [-0.39, 0.29) is 28.6 Å². The fourth-order valence-corrected chi connectivity index (χ4v) is 3.17. The average Bonchev–Trinajstić information content (AvgIpc) is 2.41. The van der Waals surface area contributed by atoms with Gasteiger partial charge in [-0.1, -0.05) is 41.5 Å². The van der Waals surface area contributed by atoms with Crippen LogP contribution >= 0.6 is 0 Å². The van der Waals surface area contributed by atoms with Gasteiger partial charge in [0.2, 0.25) is 5.91 Å². The highest BCUT2D eigenvalue weighted by atomic mass is 16.5. The molecule has 2 atom stereocenters. The molecule has 0 aromatic heterocycles. The highest BCUT2D eigenvalue weighted by Gasteiger charge is 2.37.